The molecule has 3 rings (SSSR count). The molecule has 22 heavy (non-hydrogen) atoms. The molecular formula is C14H11BrN4O2S. The van der Waals surface area contributed by atoms with Crippen LogP contribution in [-0.4, -0.2) is 16.1 Å². The minimum absolute atomic E-state index is 0.243. The quantitative estimate of drug-likeness (QED) is 0.710. The first kappa shape index (κ1) is 14.7. The highest BCUT2D eigenvalue weighted by Gasteiger charge is 2.18. The second-order valence-electron chi connectivity index (χ2n) is 4.54. The van der Waals surface area contributed by atoms with Crippen molar-refractivity contribution in [1.82, 2.24) is 9.97 Å². The fourth-order valence-corrected chi connectivity index (χ4v) is 3.34. The second kappa shape index (κ2) is 5.54. The van der Waals surface area contributed by atoms with Crippen molar-refractivity contribution < 1.29 is 9.53 Å². The predicted molar refractivity (Wildman–Crippen MR) is 89.9 cm³/mol. The van der Waals surface area contributed by atoms with Crippen molar-refractivity contribution in [2.45, 2.75) is 6.92 Å². The number of benzene rings is 1. The number of thiophene rings is 1. The molecule has 6 nitrogen and oxygen atoms in total. The largest absolute Gasteiger partial charge is 0.410 e. The van der Waals surface area contributed by atoms with Gasteiger partial charge in [0.05, 0.1) is 16.8 Å². The molecule has 1 aromatic carbocycles. The van der Waals surface area contributed by atoms with Gasteiger partial charge in [-0.2, -0.15) is 0 Å². The lowest BCUT2D eigenvalue weighted by Gasteiger charge is -2.03. The van der Waals surface area contributed by atoms with Crippen LogP contribution >= 0.6 is 27.3 Å². The molecule has 0 aliphatic rings. The first-order valence-corrected chi connectivity index (χ1v) is 7.86. The molecule has 0 radical (unpaired) electrons. The van der Waals surface area contributed by atoms with Gasteiger partial charge in [0.1, 0.15) is 4.83 Å². The zero-order valence-corrected chi connectivity index (χ0v) is 13.9. The van der Waals surface area contributed by atoms with Gasteiger partial charge in [-0.1, -0.05) is 39.4 Å². The molecule has 4 N–H and O–H groups in total. The number of nitrogens with two attached hydrogens (primary N) is 2. The van der Waals surface area contributed by atoms with Crippen molar-refractivity contribution in [3.05, 3.63) is 34.4 Å². The van der Waals surface area contributed by atoms with Gasteiger partial charge in [0, 0.05) is 10.0 Å². The number of fused-ring (bicyclic) bond motifs is 1. The summed E-state index contributed by atoms with van der Waals surface area (Å²) in [5.74, 6) is 0.587. The van der Waals surface area contributed by atoms with Gasteiger partial charge in [0.15, 0.2) is 5.82 Å². The van der Waals surface area contributed by atoms with Crippen molar-refractivity contribution in [3.63, 3.8) is 0 Å². The van der Waals surface area contributed by atoms with Gasteiger partial charge in [-0.05, 0) is 19.1 Å². The van der Waals surface area contributed by atoms with Crippen LogP contribution in [0.15, 0.2) is 28.7 Å². The SMILES string of the molecule is Cc1nc(-c2ccc(Br)cc2)nc2sc(OC(N)=O)c(N)c12. The highest BCUT2D eigenvalue weighted by atomic mass is 79.9. The van der Waals surface area contributed by atoms with Crippen LogP contribution in [0.2, 0.25) is 0 Å². The molecular weight excluding hydrogens is 368 g/mol. The van der Waals surface area contributed by atoms with E-state index >= 15 is 0 Å². The third-order valence-corrected chi connectivity index (χ3v) is 4.54. The van der Waals surface area contributed by atoms with E-state index in [0.29, 0.717) is 21.7 Å². The predicted octanol–water partition coefficient (Wildman–Crippen LogP) is 3.47. The van der Waals surface area contributed by atoms with Crippen molar-refractivity contribution in [3.8, 4) is 16.5 Å². The molecule has 0 atom stereocenters. The van der Waals surface area contributed by atoms with Gasteiger partial charge in [0.25, 0.3) is 0 Å². The first-order chi connectivity index (χ1) is 10.5. The molecule has 112 valence electrons. The molecule has 0 bridgehead atoms. The lowest BCUT2D eigenvalue weighted by atomic mass is 10.2. The van der Waals surface area contributed by atoms with E-state index in [-0.39, 0.29) is 5.06 Å². The zero-order chi connectivity index (χ0) is 15.9. The lowest BCUT2D eigenvalue weighted by Crippen LogP contribution is -2.16. The molecule has 0 aliphatic heterocycles. The monoisotopic (exact) mass is 378 g/mol. The van der Waals surface area contributed by atoms with Crippen molar-refractivity contribution in [2.24, 2.45) is 5.73 Å². The average Bonchev–Trinajstić information content (AvgIpc) is 2.75. The van der Waals surface area contributed by atoms with Crippen molar-refractivity contribution in [2.75, 3.05) is 5.73 Å². The van der Waals surface area contributed by atoms with Crippen LogP contribution in [-0.2, 0) is 0 Å². The van der Waals surface area contributed by atoms with Gasteiger partial charge >= 0.3 is 6.09 Å². The summed E-state index contributed by atoms with van der Waals surface area (Å²) in [7, 11) is 0. The zero-order valence-electron chi connectivity index (χ0n) is 11.5. The first-order valence-electron chi connectivity index (χ1n) is 6.25. The Bertz CT molecular complexity index is 877. The molecule has 1 amide bonds. The van der Waals surface area contributed by atoms with E-state index in [1.807, 2.05) is 31.2 Å². The number of ether oxygens (including phenoxy) is 1. The lowest BCUT2D eigenvalue weighted by molar-refractivity contribution is 0.212. The van der Waals surface area contributed by atoms with Crippen LogP contribution in [0.5, 0.6) is 5.06 Å². The van der Waals surface area contributed by atoms with E-state index in [0.717, 1.165) is 15.7 Å². The summed E-state index contributed by atoms with van der Waals surface area (Å²) in [4.78, 5) is 20.6. The number of hydrogen-bond acceptors (Lipinski definition) is 6. The molecule has 2 aromatic heterocycles. The Morgan fingerprint density at radius 1 is 1.27 bits per heavy atom. The van der Waals surface area contributed by atoms with Crippen molar-refractivity contribution in [1.29, 1.82) is 0 Å². The number of anilines is 1. The third kappa shape index (κ3) is 2.62. The number of aromatic nitrogens is 2. The summed E-state index contributed by atoms with van der Waals surface area (Å²) in [6, 6.07) is 7.68. The van der Waals surface area contributed by atoms with E-state index in [2.05, 4.69) is 25.9 Å². The van der Waals surface area contributed by atoms with Crippen LogP contribution in [0.3, 0.4) is 0 Å². The van der Waals surface area contributed by atoms with E-state index in [1.165, 1.54) is 11.3 Å². The highest BCUT2D eigenvalue weighted by Crippen LogP contribution is 2.41. The van der Waals surface area contributed by atoms with Gasteiger partial charge in [0.2, 0.25) is 5.06 Å². The van der Waals surface area contributed by atoms with E-state index in [9.17, 15) is 4.79 Å². The summed E-state index contributed by atoms with van der Waals surface area (Å²) in [5.41, 5.74) is 13.0. The Hall–Kier alpha value is -2.19. The molecule has 0 spiro atoms. The molecule has 0 unspecified atom stereocenters. The number of primary amides is 1. The van der Waals surface area contributed by atoms with Crippen molar-refractivity contribution >= 4 is 49.3 Å². The van der Waals surface area contributed by atoms with Crippen LogP contribution in [0.25, 0.3) is 21.6 Å². The number of carbonyl (C=O) groups excluding carboxylic acids is 1. The summed E-state index contributed by atoms with van der Waals surface area (Å²) in [5, 5.41) is 0.926. The molecule has 0 fully saturated rings. The highest BCUT2D eigenvalue weighted by molar-refractivity contribution is 9.10. The van der Waals surface area contributed by atoms with E-state index in [1.54, 1.807) is 0 Å². The minimum atomic E-state index is -0.906. The third-order valence-electron chi connectivity index (χ3n) is 3.03. The Labute approximate surface area is 138 Å². The van der Waals surface area contributed by atoms with Gasteiger partial charge in [-0.3, -0.25) is 0 Å². The maximum atomic E-state index is 10.9. The van der Waals surface area contributed by atoms with Gasteiger partial charge in [-0.25, -0.2) is 14.8 Å². The van der Waals surface area contributed by atoms with E-state index in [4.69, 9.17) is 16.2 Å². The Balaban J connectivity index is 2.16. The molecule has 0 saturated heterocycles. The number of halogens is 1. The number of hydrogen-bond donors (Lipinski definition) is 2. The number of nitrogen functional groups attached to an aromatic ring is 1. The molecule has 3 aromatic rings. The number of amides is 1. The fraction of sp³-hybridized carbons (Fsp3) is 0.0714. The average molecular weight is 379 g/mol. The standard InChI is InChI=1S/C14H11BrN4O2S/c1-6-9-10(16)13(21-14(17)20)22-12(9)19-11(18-6)7-2-4-8(15)5-3-7/h2-5H,16H2,1H3,(H2,17,20). The summed E-state index contributed by atoms with van der Waals surface area (Å²) in [6.07, 6.45) is -0.906. The van der Waals surface area contributed by atoms with Gasteiger partial charge < -0.3 is 16.2 Å². The molecule has 0 saturated carbocycles. The number of carbonyl (C=O) groups is 1. The van der Waals surface area contributed by atoms with Crippen LogP contribution in [0, 0.1) is 6.92 Å². The topological polar surface area (TPSA) is 104 Å². The number of nitrogens with zero attached hydrogens (tertiary/aromatic N) is 2. The molecule has 2 heterocycles. The normalized spacial score (nSPS) is 10.8. The maximum Gasteiger partial charge on any atom is 0.410 e. The summed E-state index contributed by atoms with van der Waals surface area (Å²) < 4.78 is 5.88. The molecule has 0 aliphatic carbocycles. The van der Waals surface area contributed by atoms with E-state index < -0.39 is 6.09 Å². The maximum absolute atomic E-state index is 10.9. The Kier molecular flexibility index (Phi) is 3.71. The van der Waals surface area contributed by atoms with Crippen LogP contribution < -0.4 is 16.2 Å². The molecule has 8 heteroatoms. The number of rotatable bonds is 2. The summed E-state index contributed by atoms with van der Waals surface area (Å²) >= 11 is 4.56. The fourth-order valence-electron chi connectivity index (χ4n) is 2.07. The minimum Gasteiger partial charge on any atom is -0.397 e. The van der Waals surface area contributed by atoms with Crippen LogP contribution in [0.4, 0.5) is 10.5 Å². The second-order valence-corrected chi connectivity index (χ2v) is 6.42. The Morgan fingerprint density at radius 3 is 2.59 bits per heavy atom. The smallest absolute Gasteiger partial charge is 0.397 e. The van der Waals surface area contributed by atoms with Gasteiger partial charge in [-0.15, -0.1) is 0 Å². The van der Waals surface area contributed by atoms with Crippen LogP contribution in [0.1, 0.15) is 5.69 Å². The Morgan fingerprint density at radius 2 is 1.95 bits per heavy atom. The summed E-state index contributed by atoms with van der Waals surface area (Å²) in [6.45, 7) is 1.84. The number of aryl methyl sites for hydroxylation is 1.